The van der Waals surface area contributed by atoms with Crippen LogP contribution >= 0.6 is 0 Å². The molecule has 0 saturated heterocycles. The summed E-state index contributed by atoms with van der Waals surface area (Å²) in [6.07, 6.45) is 0. The van der Waals surface area contributed by atoms with Gasteiger partial charge in [0, 0.05) is 27.6 Å². The molecule has 0 aliphatic carbocycles. The second-order valence-corrected chi connectivity index (χ2v) is 14.0. The van der Waals surface area contributed by atoms with Crippen molar-refractivity contribution in [1.29, 1.82) is 0 Å². The van der Waals surface area contributed by atoms with Gasteiger partial charge >= 0.3 is 0 Å². The predicted molar refractivity (Wildman–Crippen MR) is 233 cm³/mol. The minimum absolute atomic E-state index is 0.690. The van der Waals surface area contributed by atoms with Gasteiger partial charge in [-0.15, -0.1) is 0 Å². The van der Waals surface area contributed by atoms with Crippen LogP contribution < -0.4 is 0 Å². The number of aromatic nitrogens is 3. The molecule has 0 fully saturated rings. The van der Waals surface area contributed by atoms with Crippen LogP contribution in [-0.2, 0) is 0 Å². The van der Waals surface area contributed by atoms with Crippen LogP contribution in [0.4, 0.5) is 0 Å². The van der Waals surface area contributed by atoms with Crippen molar-refractivity contribution in [2.75, 3.05) is 0 Å². The highest BCUT2D eigenvalue weighted by Crippen LogP contribution is 2.38. The van der Waals surface area contributed by atoms with Gasteiger partial charge in [0.15, 0.2) is 5.82 Å². The maximum Gasteiger partial charge on any atom is 0.160 e. The Morgan fingerprint density at radius 3 is 1.45 bits per heavy atom. The molecule has 262 valence electrons. The van der Waals surface area contributed by atoms with E-state index in [0.29, 0.717) is 5.82 Å². The Labute approximate surface area is 326 Å². The molecule has 0 saturated carbocycles. The van der Waals surface area contributed by atoms with Crippen molar-refractivity contribution in [3.05, 3.63) is 212 Å². The third kappa shape index (κ3) is 6.42. The van der Waals surface area contributed by atoms with Crippen molar-refractivity contribution in [3.8, 4) is 78.5 Å². The molecule has 0 amide bonds. The first kappa shape index (κ1) is 33.1. The zero-order valence-corrected chi connectivity index (χ0v) is 30.5. The summed E-state index contributed by atoms with van der Waals surface area (Å²) in [5, 5.41) is 3.60. The summed E-state index contributed by atoms with van der Waals surface area (Å²) >= 11 is 0. The lowest BCUT2D eigenvalue weighted by molar-refractivity contribution is 1.18. The van der Waals surface area contributed by atoms with Crippen molar-refractivity contribution in [3.63, 3.8) is 0 Å². The molecule has 0 atom stereocenters. The smallest absolute Gasteiger partial charge is 0.160 e. The van der Waals surface area contributed by atoms with Crippen LogP contribution in [-0.4, -0.2) is 15.0 Å². The van der Waals surface area contributed by atoms with Gasteiger partial charge in [-0.1, -0.05) is 188 Å². The van der Waals surface area contributed by atoms with Crippen LogP contribution in [0.2, 0.25) is 0 Å². The van der Waals surface area contributed by atoms with E-state index in [1.54, 1.807) is 0 Å². The van der Waals surface area contributed by atoms with Crippen LogP contribution in [0.25, 0.3) is 100 Å². The van der Waals surface area contributed by atoms with Gasteiger partial charge in [0.2, 0.25) is 0 Å². The van der Waals surface area contributed by atoms with Gasteiger partial charge in [-0.3, -0.25) is 0 Å². The molecule has 2 heterocycles. The van der Waals surface area contributed by atoms with Gasteiger partial charge in [0.1, 0.15) is 0 Å². The molecule has 10 aromatic rings. The fraction of sp³-hybridized carbons (Fsp3) is 0. The fourth-order valence-electron chi connectivity index (χ4n) is 7.62. The van der Waals surface area contributed by atoms with Crippen LogP contribution in [0.5, 0.6) is 0 Å². The highest BCUT2D eigenvalue weighted by molar-refractivity contribution is 6.13. The monoisotopic (exact) mass is 713 g/mol. The molecule has 0 spiro atoms. The fourth-order valence-corrected chi connectivity index (χ4v) is 7.62. The number of nitrogens with zero attached hydrogens (tertiary/aromatic N) is 3. The molecule has 0 aliphatic rings. The van der Waals surface area contributed by atoms with Crippen LogP contribution in [0, 0.1) is 0 Å². The van der Waals surface area contributed by atoms with Crippen molar-refractivity contribution < 1.29 is 0 Å². The number of rotatable bonds is 7. The SMILES string of the molecule is c1ccc(-c2ccc(-c3cc(-c4ccccc4)nc(-c4ccc(-c5cccc(-c6cc(-c7ccccc7)c7c(ccc8ccccc87)n6)c5)cc4)n3)cc2)cc1. The van der Waals surface area contributed by atoms with E-state index in [9.17, 15) is 0 Å². The lowest BCUT2D eigenvalue weighted by Crippen LogP contribution is -1.96. The average molecular weight is 714 g/mol. The van der Waals surface area contributed by atoms with Gasteiger partial charge in [0.05, 0.1) is 22.6 Å². The molecule has 0 unspecified atom stereocenters. The lowest BCUT2D eigenvalue weighted by Gasteiger charge is -2.14. The molecule has 0 bridgehead atoms. The molecular weight excluding hydrogens is 679 g/mol. The Balaban J connectivity index is 1.01. The van der Waals surface area contributed by atoms with E-state index in [1.165, 1.54) is 38.4 Å². The van der Waals surface area contributed by atoms with Crippen molar-refractivity contribution in [2.24, 2.45) is 0 Å². The standard InChI is InChI=1S/C53H35N3/c1-4-13-36(14-5-1)37-23-27-42(28-24-37)51-35-50(41-18-8-3-9-19-41)55-53(56-51)43-29-25-38(26-30-43)44-20-12-21-45(33-44)49-34-47(39-15-6-2-7-16-39)52-46-22-11-10-17-40(46)31-32-48(52)54-49/h1-35H. The first-order valence-corrected chi connectivity index (χ1v) is 18.9. The Morgan fingerprint density at radius 1 is 0.268 bits per heavy atom. The number of hydrogen-bond donors (Lipinski definition) is 0. The van der Waals surface area contributed by atoms with Crippen molar-refractivity contribution in [2.45, 2.75) is 0 Å². The molecule has 0 aliphatic heterocycles. The van der Waals surface area contributed by atoms with E-state index >= 15 is 0 Å². The molecule has 8 aromatic carbocycles. The zero-order chi connectivity index (χ0) is 37.3. The molecular formula is C53H35N3. The van der Waals surface area contributed by atoms with Crippen LogP contribution in [0.1, 0.15) is 0 Å². The molecule has 0 N–H and O–H groups in total. The number of fused-ring (bicyclic) bond motifs is 3. The Bertz CT molecular complexity index is 2980. The topological polar surface area (TPSA) is 38.7 Å². The lowest BCUT2D eigenvalue weighted by atomic mass is 9.94. The largest absolute Gasteiger partial charge is 0.248 e. The third-order valence-corrected chi connectivity index (χ3v) is 10.5. The summed E-state index contributed by atoms with van der Waals surface area (Å²) in [4.78, 5) is 15.4. The maximum absolute atomic E-state index is 5.24. The van der Waals surface area contributed by atoms with Crippen molar-refractivity contribution >= 4 is 21.7 Å². The molecule has 0 radical (unpaired) electrons. The maximum atomic E-state index is 5.24. The van der Waals surface area contributed by atoms with Crippen LogP contribution in [0.15, 0.2) is 212 Å². The van der Waals surface area contributed by atoms with Gasteiger partial charge in [-0.25, -0.2) is 15.0 Å². The highest BCUT2D eigenvalue weighted by Gasteiger charge is 2.15. The quantitative estimate of drug-likeness (QED) is 0.154. The second-order valence-electron chi connectivity index (χ2n) is 14.0. The van der Waals surface area contributed by atoms with E-state index < -0.39 is 0 Å². The summed E-state index contributed by atoms with van der Waals surface area (Å²) < 4.78 is 0. The van der Waals surface area contributed by atoms with Crippen molar-refractivity contribution in [1.82, 2.24) is 15.0 Å². The summed E-state index contributed by atoms with van der Waals surface area (Å²) in [7, 11) is 0. The van der Waals surface area contributed by atoms with Gasteiger partial charge in [-0.2, -0.15) is 0 Å². The normalized spacial score (nSPS) is 11.2. The number of hydrogen-bond acceptors (Lipinski definition) is 3. The molecule has 3 heteroatoms. The second kappa shape index (κ2) is 14.4. The van der Waals surface area contributed by atoms with Gasteiger partial charge in [0.25, 0.3) is 0 Å². The average Bonchev–Trinajstić information content (AvgIpc) is 3.29. The molecule has 2 aromatic heterocycles. The minimum Gasteiger partial charge on any atom is -0.248 e. The van der Waals surface area contributed by atoms with E-state index in [4.69, 9.17) is 15.0 Å². The van der Waals surface area contributed by atoms with Crippen LogP contribution in [0.3, 0.4) is 0 Å². The molecule has 10 rings (SSSR count). The number of benzene rings is 8. The number of pyridine rings is 1. The third-order valence-electron chi connectivity index (χ3n) is 10.5. The van der Waals surface area contributed by atoms with E-state index in [0.717, 1.165) is 56.0 Å². The first-order valence-electron chi connectivity index (χ1n) is 18.9. The zero-order valence-electron chi connectivity index (χ0n) is 30.5. The molecule has 56 heavy (non-hydrogen) atoms. The Hall–Kier alpha value is -7.49. The van der Waals surface area contributed by atoms with E-state index in [2.05, 4.69) is 188 Å². The minimum atomic E-state index is 0.690. The van der Waals surface area contributed by atoms with E-state index in [1.807, 2.05) is 24.3 Å². The Morgan fingerprint density at radius 2 is 0.750 bits per heavy atom. The van der Waals surface area contributed by atoms with Gasteiger partial charge in [-0.05, 0) is 68.4 Å². The summed E-state index contributed by atoms with van der Waals surface area (Å²) in [5.74, 6) is 0.690. The predicted octanol–water partition coefficient (Wildman–Crippen LogP) is 13.8. The van der Waals surface area contributed by atoms with Gasteiger partial charge < -0.3 is 0 Å². The summed E-state index contributed by atoms with van der Waals surface area (Å²) in [5.41, 5.74) is 14.8. The molecule has 3 nitrogen and oxygen atoms in total. The highest BCUT2D eigenvalue weighted by atomic mass is 14.9. The summed E-state index contributed by atoms with van der Waals surface area (Å²) in [6, 6.07) is 74.5. The summed E-state index contributed by atoms with van der Waals surface area (Å²) in [6.45, 7) is 0. The Kier molecular flexibility index (Phi) is 8.51. The first-order chi connectivity index (χ1) is 27.7. The van der Waals surface area contributed by atoms with E-state index in [-0.39, 0.29) is 0 Å².